The monoisotopic (exact) mass is 89.1 g/mol. The van der Waals surface area contributed by atoms with Crippen LogP contribution in [0.4, 0.5) is 0 Å². The van der Waals surface area contributed by atoms with Crippen LogP contribution < -0.4 is 0 Å². The molecule has 0 N–H and O–H groups in total. The zero-order valence-corrected chi connectivity index (χ0v) is 4.89. The van der Waals surface area contributed by atoms with Gasteiger partial charge < -0.3 is 0 Å². The van der Waals surface area contributed by atoms with Crippen LogP contribution in [0.25, 0.3) is 0 Å². The van der Waals surface area contributed by atoms with Gasteiger partial charge in [0, 0.05) is 0 Å². The summed E-state index contributed by atoms with van der Waals surface area (Å²) in [4.78, 5) is 3.95. The van der Waals surface area contributed by atoms with Gasteiger partial charge in [0.2, 0.25) is 0 Å². The molecule has 0 aliphatic carbocycles. The molecule has 0 heterocycles. The molecule has 5 heteroatoms. The van der Waals surface area contributed by atoms with Gasteiger partial charge in [0.05, 0.1) is 0 Å². The molecule has 0 radical (unpaired) electrons. The Kier molecular flexibility index (Phi) is 6.11. The van der Waals surface area contributed by atoms with Crippen molar-refractivity contribution >= 4 is 28.1 Å². The fraction of sp³-hybridized carbons (Fsp3) is 1.00. The summed E-state index contributed by atoms with van der Waals surface area (Å²) in [5, 5.41) is 0. The molecule has 0 aromatic heterocycles. The summed E-state index contributed by atoms with van der Waals surface area (Å²) < 4.78 is 0. The first-order valence-corrected chi connectivity index (χ1v) is 2.53. The molecule has 0 aliphatic rings. The number of rotatable bonds is 2. The molecule has 0 aliphatic heterocycles. The molecule has 0 aromatic carbocycles. The normalized spacial score (nSPS) is 8.14. The van der Waals surface area contributed by atoms with E-state index in [1.54, 1.807) is 6.96 Å². The Hall–Kier alpha value is 0.0597. The van der Waals surface area contributed by atoms with E-state index in [0.29, 0.717) is 0 Å². The van der Waals surface area contributed by atoms with E-state index in [0.717, 1.165) is 6.54 Å². The van der Waals surface area contributed by atoms with Crippen LogP contribution in [-0.2, 0) is 0 Å². The van der Waals surface area contributed by atoms with Crippen LogP contribution in [0.15, 0.2) is 4.90 Å². The molecule has 0 saturated carbocycles. The van der Waals surface area contributed by atoms with Gasteiger partial charge in [-0.05, 0) is 0 Å². The zero-order valence-electron chi connectivity index (χ0n) is 4.89. The van der Waals surface area contributed by atoms with E-state index < -0.39 is 0 Å². The maximum atomic E-state index is 3.95. The second kappa shape index (κ2) is 6.06. The molecule has 0 rings (SSSR count). The van der Waals surface area contributed by atoms with Crippen molar-refractivity contribution in [2.24, 2.45) is 4.90 Å². The standard InChI is InChI=1S/C2H7B4N/c1-2-7-6-5-4-3/h2-3H2,1H3. The van der Waals surface area contributed by atoms with E-state index in [2.05, 4.69) is 4.90 Å². The molecular weight excluding hydrogens is 81.3 g/mol. The summed E-state index contributed by atoms with van der Waals surface area (Å²) in [7, 11) is 1.97. The van der Waals surface area contributed by atoms with E-state index in [1.807, 2.05) is 28.0 Å². The van der Waals surface area contributed by atoms with Crippen molar-refractivity contribution in [2.45, 2.75) is 6.92 Å². The van der Waals surface area contributed by atoms with Crippen molar-refractivity contribution in [3.8, 4) is 0 Å². The Balaban J connectivity index is 3.09. The van der Waals surface area contributed by atoms with Gasteiger partial charge in [0.1, 0.15) is 0 Å². The third-order valence-corrected chi connectivity index (χ3v) is 0.566. The molecule has 0 atom stereocenters. The van der Waals surface area contributed by atoms with Crippen LogP contribution in [0.2, 0.25) is 0 Å². The average Bonchev–Trinajstić information content (AvgIpc) is 1.69. The maximum absolute atomic E-state index is 3.95. The molecule has 0 aromatic rings. The zero-order chi connectivity index (χ0) is 5.54. The summed E-state index contributed by atoms with van der Waals surface area (Å²) in [5.74, 6) is 0. The molecule has 0 saturated heterocycles. The van der Waals surface area contributed by atoms with E-state index >= 15 is 0 Å². The minimum atomic E-state index is 0.879. The van der Waals surface area contributed by atoms with Gasteiger partial charge in [0.15, 0.2) is 0 Å². The Morgan fingerprint density at radius 1 is 1.71 bits per heavy atom. The third kappa shape index (κ3) is 6.06. The Bertz CT molecular complexity index is 77.8. The molecule has 0 spiro atoms. The number of nitrogens with zero attached hydrogens (tertiary/aromatic N) is 1. The Morgan fingerprint density at radius 3 is 2.86 bits per heavy atom. The van der Waals surface area contributed by atoms with Gasteiger partial charge in [-0.1, -0.05) is 0 Å². The summed E-state index contributed by atoms with van der Waals surface area (Å²) in [6.07, 6.45) is 0. The van der Waals surface area contributed by atoms with Crippen LogP contribution in [-0.4, -0.2) is 34.6 Å². The van der Waals surface area contributed by atoms with Crippen LogP contribution in [0.3, 0.4) is 0 Å². The van der Waals surface area contributed by atoms with Crippen molar-refractivity contribution in [3.63, 3.8) is 0 Å². The Labute approximate surface area is 47.3 Å². The fourth-order valence-electron chi connectivity index (χ4n) is 0.252. The van der Waals surface area contributed by atoms with Gasteiger partial charge in [-0.25, -0.2) is 0 Å². The predicted octanol–water partition coefficient (Wildman–Crippen LogP) is -1.32. The van der Waals surface area contributed by atoms with E-state index in [4.69, 9.17) is 0 Å². The first-order valence-electron chi connectivity index (χ1n) is 2.53. The average molecular weight is 88.3 g/mol. The molecule has 0 amide bonds. The van der Waals surface area contributed by atoms with Gasteiger partial charge in [-0.2, -0.15) is 0 Å². The molecule has 0 fully saturated rings. The van der Waals surface area contributed by atoms with Gasteiger partial charge >= 0.3 is 46.4 Å². The second-order valence-electron chi connectivity index (χ2n) is 1.17. The van der Waals surface area contributed by atoms with Crippen LogP contribution >= 0.6 is 0 Å². The van der Waals surface area contributed by atoms with Crippen molar-refractivity contribution in [1.29, 1.82) is 0 Å². The van der Waals surface area contributed by atoms with Crippen LogP contribution in [0, 0.1) is 0 Å². The predicted molar refractivity (Wildman–Crippen MR) is 38.8 cm³/mol. The van der Waals surface area contributed by atoms with Crippen molar-refractivity contribution in [1.82, 2.24) is 0 Å². The van der Waals surface area contributed by atoms with Gasteiger partial charge in [-0.3, -0.25) is 0 Å². The van der Waals surface area contributed by atoms with Crippen LogP contribution in [0.5, 0.6) is 0 Å². The molecule has 1 nitrogen and oxygen atoms in total. The third-order valence-electron chi connectivity index (χ3n) is 0.566. The molecule has 0 unspecified atom stereocenters. The van der Waals surface area contributed by atoms with Gasteiger partial charge in [0.25, 0.3) is 0 Å². The Morgan fingerprint density at radius 2 is 2.43 bits per heavy atom. The summed E-state index contributed by atoms with van der Waals surface area (Å²) in [6.45, 7) is 8.58. The minimum absolute atomic E-state index is 0.879. The first kappa shape index (κ1) is 7.06. The summed E-state index contributed by atoms with van der Waals surface area (Å²) >= 11 is 0. The summed E-state index contributed by atoms with van der Waals surface area (Å²) in [5.41, 5.74) is 0. The van der Waals surface area contributed by atoms with E-state index in [9.17, 15) is 0 Å². The van der Waals surface area contributed by atoms with Crippen molar-refractivity contribution < 1.29 is 0 Å². The topological polar surface area (TPSA) is 12.4 Å². The van der Waals surface area contributed by atoms with Crippen molar-refractivity contribution in [2.75, 3.05) is 6.54 Å². The van der Waals surface area contributed by atoms with Crippen LogP contribution in [0.1, 0.15) is 6.92 Å². The molecular formula is C2H7B4N. The molecule has 7 heavy (non-hydrogen) atoms. The first-order chi connectivity index (χ1) is 3.41. The summed E-state index contributed by atoms with van der Waals surface area (Å²) in [6, 6.07) is 0. The number of hydrogen-bond donors (Lipinski definition) is 0. The number of hydrogen-bond acceptors (Lipinski definition) is 1. The molecule has 0 bridgehead atoms. The second-order valence-corrected chi connectivity index (χ2v) is 1.17. The fourth-order valence-corrected chi connectivity index (χ4v) is 0.252. The molecule has 32 valence electrons. The quantitative estimate of drug-likeness (QED) is 0.371. The van der Waals surface area contributed by atoms with E-state index in [1.165, 1.54) is 0 Å². The van der Waals surface area contributed by atoms with Crippen molar-refractivity contribution in [3.05, 3.63) is 0 Å². The SMILES string of the molecule is BB=BB=NCC. The van der Waals surface area contributed by atoms with E-state index in [-0.39, 0.29) is 0 Å². The van der Waals surface area contributed by atoms with Gasteiger partial charge in [-0.15, -0.1) is 0 Å².